The minimum atomic E-state index is -3.48. The highest BCUT2D eigenvalue weighted by molar-refractivity contribution is 7.92. The number of oxime groups is 1. The van der Waals surface area contributed by atoms with Gasteiger partial charge in [0.05, 0.1) is 18.0 Å². The summed E-state index contributed by atoms with van der Waals surface area (Å²) in [5.41, 5.74) is 0.496. The second-order valence-electron chi connectivity index (χ2n) is 5.36. The molecule has 0 unspecified atom stereocenters. The van der Waals surface area contributed by atoms with Gasteiger partial charge in [-0.15, -0.1) is 0 Å². The van der Waals surface area contributed by atoms with Crippen LogP contribution in [0.5, 0.6) is 5.75 Å². The molecule has 2 aliphatic heterocycles. The van der Waals surface area contributed by atoms with Crippen LogP contribution in [0.3, 0.4) is 0 Å². The number of benzene rings is 1. The molecule has 3 rings (SSSR count). The van der Waals surface area contributed by atoms with Crippen molar-refractivity contribution in [3.8, 4) is 5.75 Å². The molecule has 9 heteroatoms. The van der Waals surface area contributed by atoms with E-state index >= 15 is 0 Å². The summed E-state index contributed by atoms with van der Waals surface area (Å²) in [7, 11) is -3.48. The van der Waals surface area contributed by atoms with Crippen LogP contribution in [0.1, 0.15) is 13.3 Å². The second-order valence-corrected chi connectivity index (χ2v) is 7.22. The Morgan fingerprint density at radius 2 is 2.13 bits per heavy atom. The van der Waals surface area contributed by atoms with Crippen LogP contribution in [0.25, 0.3) is 0 Å². The first-order chi connectivity index (χ1) is 10.9. The Morgan fingerprint density at radius 3 is 2.78 bits per heavy atom. The van der Waals surface area contributed by atoms with Crippen molar-refractivity contribution in [2.45, 2.75) is 25.5 Å². The van der Waals surface area contributed by atoms with E-state index in [1.165, 1.54) is 4.31 Å². The molecule has 0 N–H and O–H groups in total. The lowest BCUT2D eigenvalue weighted by Crippen LogP contribution is -2.52. The largest absolute Gasteiger partial charge is 0.482 e. The zero-order valence-electron chi connectivity index (χ0n) is 12.6. The highest BCUT2D eigenvalue weighted by atomic mass is 32.2. The number of ether oxygens (including phenoxy) is 2. The van der Waals surface area contributed by atoms with E-state index in [9.17, 15) is 13.2 Å². The van der Waals surface area contributed by atoms with Gasteiger partial charge in [-0.1, -0.05) is 12.1 Å². The molecule has 2 aliphatic rings. The van der Waals surface area contributed by atoms with Crippen molar-refractivity contribution < 1.29 is 27.5 Å². The van der Waals surface area contributed by atoms with Gasteiger partial charge in [0.1, 0.15) is 18.8 Å². The van der Waals surface area contributed by atoms with Crippen LogP contribution in [0.4, 0.5) is 5.69 Å². The van der Waals surface area contributed by atoms with E-state index in [2.05, 4.69) is 9.99 Å². The highest BCUT2D eigenvalue weighted by Crippen LogP contribution is 2.37. The molecule has 0 aromatic heterocycles. The highest BCUT2D eigenvalue weighted by Gasteiger charge is 2.38. The fourth-order valence-electron chi connectivity index (χ4n) is 2.57. The SMILES string of the molecule is C[C@@H]1[C@H](COC2=NOC(=O)C2)Oc2ccccc2N1S(C)(=O)=O. The van der Waals surface area contributed by atoms with Crippen molar-refractivity contribution >= 4 is 27.6 Å². The molecule has 124 valence electrons. The van der Waals surface area contributed by atoms with Gasteiger partial charge in [0.15, 0.2) is 6.10 Å². The molecule has 1 aromatic carbocycles. The van der Waals surface area contributed by atoms with Crippen molar-refractivity contribution in [1.82, 2.24) is 0 Å². The lowest BCUT2D eigenvalue weighted by atomic mass is 10.1. The first-order valence-corrected chi connectivity index (χ1v) is 8.85. The average molecular weight is 340 g/mol. The van der Waals surface area contributed by atoms with E-state index in [0.29, 0.717) is 11.4 Å². The lowest BCUT2D eigenvalue weighted by molar-refractivity contribution is -0.140. The molecule has 2 atom stereocenters. The van der Waals surface area contributed by atoms with Crippen LogP contribution < -0.4 is 9.04 Å². The van der Waals surface area contributed by atoms with Crippen LogP contribution in [-0.2, 0) is 24.4 Å². The van der Waals surface area contributed by atoms with E-state index in [1.54, 1.807) is 31.2 Å². The minimum Gasteiger partial charge on any atom is -0.482 e. The summed E-state index contributed by atoms with van der Waals surface area (Å²) in [6.07, 6.45) is 0.572. The molecule has 0 saturated carbocycles. The first kappa shape index (κ1) is 15.6. The lowest BCUT2D eigenvalue weighted by Gasteiger charge is -2.39. The molecule has 23 heavy (non-hydrogen) atoms. The van der Waals surface area contributed by atoms with E-state index in [1.807, 2.05) is 0 Å². The summed E-state index contributed by atoms with van der Waals surface area (Å²) in [4.78, 5) is 15.4. The molecular weight excluding hydrogens is 324 g/mol. The van der Waals surface area contributed by atoms with Gasteiger partial charge in [0, 0.05) is 0 Å². The molecule has 0 aliphatic carbocycles. The van der Waals surface area contributed by atoms with Gasteiger partial charge < -0.3 is 14.3 Å². The molecule has 0 radical (unpaired) electrons. The van der Waals surface area contributed by atoms with Crippen molar-refractivity contribution in [2.24, 2.45) is 5.16 Å². The molecule has 0 saturated heterocycles. The molecule has 0 fully saturated rings. The number of fused-ring (bicyclic) bond motifs is 1. The maximum Gasteiger partial charge on any atom is 0.344 e. The molecule has 0 amide bonds. The Balaban J connectivity index is 1.82. The Kier molecular flexibility index (Phi) is 3.88. The van der Waals surface area contributed by atoms with E-state index < -0.39 is 28.1 Å². The number of anilines is 1. The van der Waals surface area contributed by atoms with Gasteiger partial charge >= 0.3 is 5.97 Å². The summed E-state index contributed by atoms with van der Waals surface area (Å²) in [5.74, 6) is 0.140. The van der Waals surface area contributed by atoms with Crippen LogP contribution in [-0.4, -0.2) is 45.3 Å². The van der Waals surface area contributed by atoms with Crippen molar-refractivity contribution in [3.05, 3.63) is 24.3 Å². The molecule has 0 bridgehead atoms. The van der Waals surface area contributed by atoms with Crippen LogP contribution in [0.15, 0.2) is 29.4 Å². The molecule has 0 spiro atoms. The smallest absolute Gasteiger partial charge is 0.344 e. The number of hydrogen-bond acceptors (Lipinski definition) is 7. The van der Waals surface area contributed by atoms with Crippen molar-refractivity contribution in [1.29, 1.82) is 0 Å². The summed E-state index contributed by atoms with van der Waals surface area (Å²) < 4.78 is 36.9. The van der Waals surface area contributed by atoms with E-state index in [0.717, 1.165) is 6.26 Å². The van der Waals surface area contributed by atoms with Crippen molar-refractivity contribution in [3.63, 3.8) is 0 Å². The Morgan fingerprint density at radius 1 is 1.39 bits per heavy atom. The number of nitrogens with zero attached hydrogens (tertiary/aromatic N) is 2. The Bertz CT molecular complexity index is 760. The number of hydrogen-bond donors (Lipinski definition) is 0. The number of carbonyl (C=O) groups excluding carboxylic acids is 1. The van der Waals surface area contributed by atoms with E-state index in [-0.39, 0.29) is 18.9 Å². The quantitative estimate of drug-likeness (QED) is 0.758. The van der Waals surface area contributed by atoms with Crippen LogP contribution in [0.2, 0.25) is 0 Å². The standard InChI is InChI=1S/C14H16N2O6S/c1-9-12(8-20-13-7-14(17)22-15-13)21-11-6-4-3-5-10(11)16(9)23(2,18)19/h3-6,9,12H,7-8H2,1-2H3/t9-,12+/m1/s1. The van der Waals surface area contributed by atoms with Crippen LogP contribution in [0, 0.1) is 0 Å². The summed E-state index contributed by atoms with van der Waals surface area (Å²) in [5, 5.41) is 3.50. The summed E-state index contributed by atoms with van der Waals surface area (Å²) >= 11 is 0. The van der Waals surface area contributed by atoms with Crippen molar-refractivity contribution in [2.75, 3.05) is 17.2 Å². The maximum absolute atomic E-state index is 12.1. The zero-order valence-corrected chi connectivity index (χ0v) is 13.4. The predicted octanol–water partition coefficient (Wildman–Crippen LogP) is 0.879. The average Bonchev–Trinajstić information content (AvgIpc) is 2.89. The third kappa shape index (κ3) is 3.09. The van der Waals surface area contributed by atoms with Gasteiger partial charge in [0.25, 0.3) is 0 Å². The molecular formula is C14H16N2O6S. The summed E-state index contributed by atoms with van der Waals surface area (Å²) in [6.45, 7) is 1.79. The molecule has 2 heterocycles. The number of sulfonamides is 1. The third-order valence-corrected chi connectivity index (χ3v) is 4.85. The fourth-order valence-corrected chi connectivity index (χ4v) is 3.82. The first-order valence-electron chi connectivity index (χ1n) is 7.01. The Labute approximate surface area is 133 Å². The van der Waals surface area contributed by atoms with Gasteiger partial charge in [-0.3, -0.25) is 4.31 Å². The number of para-hydroxylation sites is 2. The molecule has 8 nitrogen and oxygen atoms in total. The number of carbonyl (C=O) groups is 1. The van der Waals surface area contributed by atoms with Gasteiger partial charge in [-0.2, -0.15) is 0 Å². The maximum atomic E-state index is 12.1. The van der Waals surface area contributed by atoms with Gasteiger partial charge in [-0.25, -0.2) is 13.2 Å². The fraction of sp³-hybridized carbons (Fsp3) is 0.429. The summed E-state index contributed by atoms with van der Waals surface area (Å²) in [6, 6.07) is 6.43. The minimum absolute atomic E-state index is 0.0342. The van der Waals surface area contributed by atoms with Crippen LogP contribution >= 0.6 is 0 Å². The van der Waals surface area contributed by atoms with Gasteiger partial charge in [0.2, 0.25) is 15.9 Å². The predicted molar refractivity (Wildman–Crippen MR) is 81.7 cm³/mol. The number of rotatable bonds is 3. The topological polar surface area (TPSA) is 94.5 Å². The monoisotopic (exact) mass is 340 g/mol. The molecule has 1 aromatic rings. The van der Waals surface area contributed by atoms with E-state index in [4.69, 9.17) is 9.47 Å². The Hall–Kier alpha value is -2.29. The zero-order chi connectivity index (χ0) is 16.6. The van der Waals surface area contributed by atoms with Gasteiger partial charge in [-0.05, 0) is 24.2 Å². The second kappa shape index (κ2) is 5.73. The third-order valence-electron chi connectivity index (χ3n) is 3.61. The normalized spacial score (nSPS) is 23.7.